The Morgan fingerprint density at radius 2 is 1.65 bits per heavy atom. The number of rotatable bonds is 2. The molecule has 0 N–H and O–H groups in total. The van der Waals surface area contributed by atoms with Gasteiger partial charge in [0.1, 0.15) is 0 Å². The Morgan fingerprint density at radius 3 is 2.05 bits per heavy atom. The number of hydrogen-bond acceptors (Lipinski definition) is 1. The van der Waals surface area contributed by atoms with Crippen molar-refractivity contribution in [2.24, 2.45) is 7.05 Å². The number of aryl methyl sites for hydroxylation is 1. The van der Waals surface area contributed by atoms with Crippen molar-refractivity contribution in [1.82, 2.24) is 10.5 Å². The predicted octanol–water partition coefficient (Wildman–Crippen LogP) is 4.95. The van der Waals surface area contributed by atoms with E-state index in [2.05, 4.69) is 95.0 Å². The Morgan fingerprint density at radius 1 is 1.05 bits per heavy atom. The van der Waals surface area contributed by atoms with Crippen molar-refractivity contribution in [2.75, 3.05) is 0 Å². The van der Waals surface area contributed by atoms with E-state index >= 15 is 0 Å². The van der Waals surface area contributed by atoms with E-state index in [1.54, 1.807) is 0 Å². The van der Waals surface area contributed by atoms with E-state index in [0.717, 1.165) is 12.1 Å². The van der Waals surface area contributed by atoms with Gasteiger partial charge in [0.05, 0.1) is 0 Å². The first-order valence-electron chi connectivity index (χ1n) is 7.39. The Kier molecular flexibility index (Phi) is 7.79. The zero-order valence-electron chi connectivity index (χ0n) is 11.9. The molecule has 0 radical (unpaired) electrons. The van der Waals surface area contributed by atoms with Crippen molar-refractivity contribution in [2.45, 2.75) is 63.5 Å². The maximum absolute atomic E-state index is 2.40. The van der Waals surface area contributed by atoms with E-state index in [9.17, 15) is 0 Å². The quantitative estimate of drug-likeness (QED) is 0.245. The molecule has 2 fully saturated rings. The molecule has 0 amide bonds. The monoisotopic (exact) mass is 682 g/mol. The summed E-state index contributed by atoms with van der Waals surface area (Å²) in [6, 6.07) is 1.66. The molecular weight excluding hydrogens is 659 g/mol. The van der Waals surface area contributed by atoms with Crippen LogP contribution in [0.5, 0.6) is 0 Å². The number of imidazole rings is 1. The molecule has 0 atom stereocenters. The van der Waals surface area contributed by atoms with E-state index in [1.807, 2.05) is 0 Å². The van der Waals surface area contributed by atoms with Gasteiger partial charge in [-0.05, 0) is 12.8 Å². The molecule has 1 aromatic rings. The molecule has 3 nitrogen and oxygen atoms in total. The molecule has 6 heteroatoms. The van der Waals surface area contributed by atoms with Crippen molar-refractivity contribution in [3.8, 4) is 0 Å². The molecule has 0 aliphatic heterocycles. The summed E-state index contributed by atoms with van der Waals surface area (Å²) in [7, 11) is 2.08. The average molecular weight is 682 g/mol. The van der Waals surface area contributed by atoms with Crippen LogP contribution in [0.1, 0.15) is 57.4 Å². The van der Waals surface area contributed by atoms with E-state index in [1.165, 1.54) is 55.2 Å². The molecule has 2 aliphatic rings. The normalized spacial score (nSPS) is 20.5. The minimum Gasteiger partial charge on any atom is -0.185 e. The molecule has 0 unspecified atom stereocenters. The maximum Gasteiger partial charge on any atom is 0.0311 e. The van der Waals surface area contributed by atoms with Crippen LogP contribution >= 0.6 is 45.7 Å². The third kappa shape index (κ3) is 5.50. The van der Waals surface area contributed by atoms with Crippen LogP contribution in [0, 0.1) is 3.80 Å². The first-order chi connectivity index (χ1) is 9.59. The van der Waals surface area contributed by atoms with Crippen LogP contribution in [0.25, 0.3) is 0 Å². The molecule has 2 saturated carbocycles. The van der Waals surface area contributed by atoms with E-state index in [4.69, 9.17) is 0 Å². The summed E-state index contributed by atoms with van der Waals surface area (Å²) in [5.74, 6) is 0. The summed E-state index contributed by atoms with van der Waals surface area (Å²) in [5.41, 5.74) is 0. The summed E-state index contributed by atoms with van der Waals surface area (Å²) in [5, 5.41) is 0. The fourth-order valence-electron chi connectivity index (χ4n) is 2.53. The molecular formula is C14H23I2N3Pt. The standard InChI is InChI=1S/C7H13I2N.C7H10N2.Pt/c8-10(9)7-5-3-1-2-4-6-7;1-8-4-5-9(6-8)7-2-3-7;/h7H,1-6H2;4-5,7H,2-3H2,1H3;. The summed E-state index contributed by atoms with van der Waals surface area (Å²) < 4.78 is 8.16. The van der Waals surface area contributed by atoms with Crippen molar-refractivity contribution in [3.63, 3.8) is 0 Å². The summed E-state index contributed by atoms with van der Waals surface area (Å²) in [4.78, 5) is 0. The number of halogens is 2. The van der Waals surface area contributed by atoms with Crippen LogP contribution in [0.4, 0.5) is 0 Å². The molecule has 0 bridgehead atoms. The van der Waals surface area contributed by atoms with Gasteiger partial charge in [-0.1, -0.05) is 25.7 Å². The Balaban J connectivity index is 0.000000147. The summed E-state index contributed by atoms with van der Waals surface area (Å²) >= 11 is 7.16. The summed E-state index contributed by atoms with van der Waals surface area (Å²) in [6.45, 7) is 0. The smallest absolute Gasteiger partial charge is 0.0311 e. The Labute approximate surface area is 160 Å². The van der Waals surface area contributed by atoms with Gasteiger partial charge in [0.25, 0.3) is 0 Å². The number of nitrogens with zero attached hydrogens (tertiary/aromatic N) is 3. The van der Waals surface area contributed by atoms with Crippen LogP contribution in [0.2, 0.25) is 0 Å². The predicted molar refractivity (Wildman–Crippen MR) is 96.3 cm³/mol. The van der Waals surface area contributed by atoms with Gasteiger partial charge in [-0.2, -0.15) is 1.33 Å². The van der Waals surface area contributed by atoms with Crippen LogP contribution < -0.4 is 0 Å². The van der Waals surface area contributed by atoms with Gasteiger partial charge >= 0.3 is 70.6 Å². The van der Waals surface area contributed by atoms with Gasteiger partial charge in [-0.15, -0.1) is 0 Å². The van der Waals surface area contributed by atoms with Crippen LogP contribution in [-0.4, -0.2) is 16.5 Å². The third-order valence-corrected chi connectivity index (χ3v) is 6.92. The van der Waals surface area contributed by atoms with Crippen molar-refractivity contribution in [3.05, 3.63) is 16.2 Å². The van der Waals surface area contributed by atoms with E-state index < -0.39 is 0 Å². The van der Waals surface area contributed by atoms with Crippen molar-refractivity contribution >= 4 is 45.7 Å². The minimum absolute atomic E-state index is 0.814. The molecule has 0 saturated heterocycles. The fourth-order valence-corrected chi connectivity index (χ4v) is 4.40. The minimum atomic E-state index is 0.814. The topological polar surface area (TPSA) is 13.1 Å². The molecule has 20 heavy (non-hydrogen) atoms. The first kappa shape index (κ1) is 17.7. The van der Waals surface area contributed by atoms with E-state index in [0.29, 0.717) is 0 Å². The zero-order chi connectivity index (χ0) is 14.5. The van der Waals surface area contributed by atoms with Gasteiger partial charge in [0.2, 0.25) is 0 Å². The second-order valence-corrected chi connectivity index (χ2v) is 10.6. The largest absolute Gasteiger partial charge is 0.185 e. The van der Waals surface area contributed by atoms with E-state index in [-0.39, 0.29) is 0 Å². The maximum atomic E-state index is 2.40. The van der Waals surface area contributed by atoms with Gasteiger partial charge in [-0.3, -0.25) is 0 Å². The van der Waals surface area contributed by atoms with Gasteiger partial charge in [0.15, 0.2) is 0 Å². The average Bonchev–Trinajstić information content (AvgIpc) is 3.23. The summed E-state index contributed by atoms with van der Waals surface area (Å²) in [6.07, 6.45) is 15.6. The second-order valence-electron chi connectivity index (χ2n) is 5.69. The van der Waals surface area contributed by atoms with Crippen LogP contribution in [0.3, 0.4) is 0 Å². The van der Waals surface area contributed by atoms with Gasteiger partial charge < -0.3 is 0 Å². The first-order valence-corrected chi connectivity index (χ1v) is 10.5. The molecule has 2 aliphatic carbocycles. The molecule has 1 heterocycles. The molecule has 118 valence electrons. The zero-order valence-corrected chi connectivity index (χ0v) is 18.5. The SMILES string of the molecule is Cn1ccn(C2CC2)[c]1=[Pt].IN(I)C1CCCCCC1. The van der Waals surface area contributed by atoms with Crippen LogP contribution in [0.15, 0.2) is 12.4 Å². The second kappa shape index (κ2) is 8.82. The Bertz CT molecular complexity index is 457. The van der Waals surface area contributed by atoms with Crippen molar-refractivity contribution < 1.29 is 19.4 Å². The van der Waals surface area contributed by atoms with Crippen LogP contribution in [-0.2, 0) is 26.4 Å². The number of aromatic nitrogens is 2. The number of hydrogen-bond donors (Lipinski definition) is 0. The molecule has 0 spiro atoms. The molecule has 3 rings (SSSR count). The van der Waals surface area contributed by atoms with Gasteiger partial charge in [0, 0.05) is 51.8 Å². The molecule has 0 aromatic carbocycles. The van der Waals surface area contributed by atoms with Gasteiger partial charge in [-0.25, -0.2) is 0 Å². The molecule has 1 aromatic heterocycles. The van der Waals surface area contributed by atoms with Crippen molar-refractivity contribution in [1.29, 1.82) is 0 Å². The fraction of sp³-hybridized carbons (Fsp3) is 0.786. The third-order valence-electron chi connectivity index (χ3n) is 3.96. The Hall–Kier alpha value is 1.32.